The van der Waals surface area contributed by atoms with Gasteiger partial charge in [0, 0.05) is 13.1 Å². The minimum absolute atomic E-state index is 0.360. The van der Waals surface area contributed by atoms with Gasteiger partial charge in [0.1, 0.15) is 17.6 Å². The van der Waals surface area contributed by atoms with Gasteiger partial charge in [0.25, 0.3) is 0 Å². The highest BCUT2D eigenvalue weighted by Crippen LogP contribution is 2.29. The Labute approximate surface area is 105 Å². The molecule has 0 saturated carbocycles. The average molecular weight is 295 g/mol. The van der Waals surface area contributed by atoms with Crippen LogP contribution in [0.1, 0.15) is 5.69 Å². The molecule has 2 aromatic heterocycles. The Balaban J connectivity index is 2.52. The van der Waals surface area contributed by atoms with Crippen LogP contribution in [0, 0.1) is 11.3 Å². The highest BCUT2D eigenvalue weighted by Gasteiger charge is 2.08. The van der Waals surface area contributed by atoms with Gasteiger partial charge in [0.2, 0.25) is 0 Å². The molecule has 0 aliphatic heterocycles. The second kappa shape index (κ2) is 4.60. The lowest BCUT2D eigenvalue weighted by Gasteiger charge is -2.01. The number of hydrogen-bond donors (Lipinski definition) is 1. The molecule has 2 aromatic rings. The van der Waals surface area contributed by atoms with Gasteiger partial charge in [-0.15, -0.1) is 11.3 Å². The summed E-state index contributed by atoms with van der Waals surface area (Å²) in [7, 11) is 1.76. The first-order valence-corrected chi connectivity index (χ1v) is 6.06. The van der Waals surface area contributed by atoms with Crippen molar-refractivity contribution >= 4 is 33.1 Å². The molecule has 6 heteroatoms. The van der Waals surface area contributed by atoms with Gasteiger partial charge in [-0.25, -0.2) is 9.97 Å². The monoisotopic (exact) mass is 294 g/mol. The molecule has 0 saturated heterocycles. The van der Waals surface area contributed by atoms with Crippen LogP contribution >= 0.6 is 27.3 Å². The molecule has 0 radical (unpaired) electrons. The molecule has 0 atom stereocenters. The summed E-state index contributed by atoms with van der Waals surface area (Å²) in [5.41, 5.74) is 0.360. The normalized spacial score (nSPS) is 9.81. The maximum atomic E-state index is 8.86. The molecular formula is C10H7BrN4S. The summed E-state index contributed by atoms with van der Waals surface area (Å²) >= 11 is 4.92. The lowest BCUT2D eigenvalue weighted by Crippen LogP contribution is -1.97. The minimum Gasteiger partial charge on any atom is -0.373 e. The Morgan fingerprint density at radius 1 is 1.44 bits per heavy atom. The van der Waals surface area contributed by atoms with Crippen molar-refractivity contribution in [3.63, 3.8) is 0 Å². The van der Waals surface area contributed by atoms with Crippen molar-refractivity contribution in [2.24, 2.45) is 0 Å². The van der Waals surface area contributed by atoms with E-state index in [1.165, 1.54) is 11.3 Å². The van der Waals surface area contributed by atoms with Crippen molar-refractivity contribution in [2.45, 2.75) is 0 Å². The van der Waals surface area contributed by atoms with E-state index in [9.17, 15) is 0 Å². The number of rotatable bonds is 2. The van der Waals surface area contributed by atoms with E-state index in [1.54, 1.807) is 13.1 Å². The van der Waals surface area contributed by atoms with Crippen LogP contribution in [-0.4, -0.2) is 17.0 Å². The number of hydrogen-bond acceptors (Lipinski definition) is 5. The summed E-state index contributed by atoms with van der Waals surface area (Å²) in [5.74, 6) is 1.21. The lowest BCUT2D eigenvalue weighted by molar-refractivity contribution is 1.15. The molecule has 80 valence electrons. The molecule has 0 aliphatic rings. The molecule has 0 spiro atoms. The van der Waals surface area contributed by atoms with Crippen LogP contribution in [0.4, 0.5) is 5.82 Å². The molecule has 0 amide bonds. The van der Waals surface area contributed by atoms with Gasteiger partial charge >= 0.3 is 0 Å². The Hall–Kier alpha value is -1.45. The summed E-state index contributed by atoms with van der Waals surface area (Å²) in [4.78, 5) is 9.39. The third-order valence-corrected chi connectivity index (χ3v) is 3.51. The molecule has 1 N–H and O–H groups in total. The predicted octanol–water partition coefficient (Wildman–Crippen LogP) is 2.88. The molecule has 0 unspecified atom stereocenters. The maximum absolute atomic E-state index is 8.86. The Morgan fingerprint density at radius 2 is 2.25 bits per heavy atom. The van der Waals surface area contributed by atoms with Crippen molar-refractivity contribution in [2.75, 3.05) is 12.4 Å². The zero-order valence-corrected chi connectivity index (χ0v) is 10.8. The first-order chi connectivity index (χ1) is 7.72. The highest BCUT2D eigenvalue weighted by atomic mass is 79.9. The Morgan fingerprint density at radius 3 is 2.81 bits per heavy atom. The van der Waals surface area contributed by atoms with Crippen LogP contribution in [0.15, 0.2) is 22.0 Å². The maximum Gasteiger partial charge on any atom is 0.172 e. The van der Waals surface area contributed by atoms with Crippen molar-refractivity contribution in [1.29, 1.82) is 5.26 Å². The minimum atomic E-state index is 0.360. The van der Waals surface area contributed by atoms with Gasteiger partial charge < -0.3 is 5.32 Å². The van der Waals surface area contributed by atoms with Crippen LogP contribution in [0.5, 0.6) is 0 Å². The van der Waals surface area contributed by atoms with E-state index in [1.807, 2.05) is 18.2 Å². The van der Waals surface area contributed by atoms with Crippen LogP contribution in [0.2, 0.25) is 0 Å². The SMILES string of the molecule is CNc1cc(C#N)nc(-c2ccc(Br)s2)n1. The molecule has 0 aromatic carbocycles. The average Bonchev–Trinajstić information content (AvgIpc) is 2.75. The number of thiophene rings is 1. The number of anilines is 1. The second-order valence-corrected chi connectivity index (χ2v) is 5.39. The van der Waals surface area contributed by atoms with Crippen LogP contribution < -0.4 is 5.32 Å². The number of nitrogens with one attached hydrogen (secondary N) is 1. The first kappa shape index (κ1) is 11.0. The van der Waals surface area contributed by atoms with Crippen molar-refractivity contribution < 1.29 is 0 Å². The molecular weight excluding hydrogens is 288 g/mol. The molecule has 0 fully saturated rings. The van der Waals surface area contributed by atoms with Gasteiger partial charge in [-0.2, -0.15) is 5.26 Å². The van der Waals surface area contributed by atoms with E-state index in [2.05, 4.69) is 31.2 Å². The summed E-state index contributed by atoms with van der Waals surface area (Å²) in [6, 6.07) is 7.49. The lowest BCUT2D eigenvalue weighted by atomic mass is 10.3. The zero-order valence-electron chi connectivity index (χ0n) is 8.36. The quantitative estimate of drug-likeness (QED) is 0.925. The van der Waals surface area contributed by atoms with E-state index < -0.39 is 0 Å². The topological polar surface area (TPSA) is 61.6 Å². The molecule has 2 rings (SSSR count). The fraction of sp³-hybridized carbons (Fsp3) is 0.100. The van der Waals surface area contributed by atoms with E-state index in [0.29, 0.717) is 17.3 Å². The number of nitriles is 1. The van der Waals surface area contributed by atoms with Crippen molar-refractivity contribution in [3.8, 4) is 16.8 Å². The standard InChI is InChI=1S/C10H7BrN4S/c1-13-9-4-6(5-12)14-10(15-9)7-2-3-8(11)16-7/h2-4H,1H3,(H,13,14,15). The van der Waals surface area contributed by atoms with Gasteiger partial charge in [-0.05, 0) is 28.1 Å². The van der Waals surface area contributed by atoms with Gasteiger partial charge in [0.05, 0.1) is 8.66 Å². The fourth-order valence-electron chi connectivity index (χ4n) is 1.18. The number of nitrogens with zero attached hydrogens (tertiary/aromatic N) is 3. The van der Waals surface area contributed by atoms with Crippen molar-refractivity contribution in [1.82, 2.24) is 9.97 Å². The summed E-state index contributed by atoms with van der Waals surface area (Å²) in [6.07, 6.45) is 0. The first-order valence-electron chi connectivity index (χ1n) is 4.45. The third-order valence-electron chi connectivity index (χ3n) is 1.89. The predicted molar refractivity (Wildman–Crippen MR) is 67.3 cm³/mol. The van der Waals surface area contributed by atoms with Gasteiger partial charge in [0.15, 0.2) is 5.82 Å². The second-order valence-electron chi connectivity index (χ2n) is 2.93. The van der Waals surface area contributed by atoms with E-state index in [4.69, 9.17) is 5.26 Å². The summed E-state index contributed by atoms with van der Waals surface area (Å²) < 4.78 is 1.01. The molecule has 16 heavy (non-hydrogen) atoms. The fourth-order valence-corrected chi connectivity index (χ4v) is 2.50. The number of halogens is 1. The van der Waals surface area contributed by atoms with E-state index in [-0.39, 0.29) is 0 Å². The van der Waals surface area contributed by atoms with Crippen LogP contribution in [0.3, 0.4) is 0 Å². The summed E-state index contributed by atoms with van der Waals surface area (Å²) in [5, 5.41) is 11.8. The Kier molecular flexibility index (Phi) is 3.17. The largest absolute Gasteiger partial charge is 0.373 e. The summed E-state index contributed by atoms with van der Waals surface area (Å²) in [6.45, 7) is 0. The zero-order chi connectivity index (χ0) is 11.5. The number of aromatic nitrogens is 2. The van der Waals surface area contributed by atoms with E-state index >= 15 is 0 Å². The molecule has 0 aliphatic carbocycles. The smallest absolute Gasteiger partial charge is 0.172 e. The molecule has 0 bridgehead atoms. The van der Waals surface area contributed by atoms with E-state index in [0.717, 1.165) is 8.66 Å². The van der Waals surface area contributed by atoms with Crippen LogP contribution in [-0.2, 0) is 0 Å². The van der Waals surface area contributed by atoms with Gasteiger partial charge in [-0.1, -0.05) is 0 Å². The molecule has 4 nitrogen and oxygen atoms in total. The highest BCUT2D eigenvalue weighted by molar-refractivity contribution is 9.11. The van der Waals surface area contributed by atoms with Gasteiger partial charge in [-0.3, -0.25) is 0 Å². The molecule has 2 heterocycles. The third kappa shape index (κ3) is 2.21. The Bertz CT molecular complexity index is 558. The van der Waals surface area contributed by atoms with Crippen LogP contribution in [0.25, 0.3) is 10.7 Å². The van der Waals surface area contributed by atoms with Crippen molar-refractivity contribution in [3.05, 3.63) is 27.7 Å².